The molecular weight excluding hydrogens is 194 g/mol. The average molecular weight is 207 g/mol. The number of hydrogen-bond donors (Lipinski definition) is 1. The van der Waals surface area contributed by atoms with Crippen LogP contribution >= 0.6 is 0 Å². The quantitative estimate of drug-likeness (QED) is 0.463. The minimum atomic E-state index is -0.408. The highest BCUT2D eigenvalue weighted by Crippen LogP contribution is 2.22. The Morgan fingerprint density at radius 1 is 1.40 bits per heavy atom. The summed E-state index contributed by atoms with van der Waals surface area (Å²) in [4.78, 5) is 10.9. The molecule has 0 aliphatic heterocycles. The number of ether oxygens (including phenoxy) is 2. The van der Waals surface area contributed by atoms with Crippen LogP contribution < -0.4 is 10.5 Å². The van der Waals surface area contributed by atoms with Gasteiger partial charge in [-0.3, -0.25) is 0 Å². The van der Waals surface area contributed by atoms with Crippen molar-refractivity contribution in [1.29, 1.82) is 0 Å². The summed E-state index contributed by atoms with van der Waals surface area (Å²) >= 11 is 0. The number of benzene rings is 1. The van der Waals surface area contributed by atoms with E-state index < -0.39 is 5.97 Å². The molecule has 15 heavy (non-hydrogen) atoms. The van der Waals surface area contributed by atoms with E-state index >= 15 is 0 Å². The second-order valence-corrected chi connectivity index (χ2v) is 2.86. The van der Waals surface area contributed by atoms with Crippen molar-refractivity contribution in [2.45, 2.75) is 0 Å². The third-order valence-electron chi connectivity index (χ3n) is 1.86. The molecule has 0 atom stereocenters. The van der Waals surface area contributed by atoms with E-state index in [1.165, 1.54) is 13.2 Å². The molecule has 0 spiro atoms. The van der Waals surface area contributed by atoms with Gasteiger partial charge in [0.2, 0.25) is 0 Å². The Bertz CT molecular complexity index is 385. The van der Waals surface area contributed by atoms with Crippen LogP contribution in [0, 0.1) is 0 Å². The van der Waals surface area contributed by atoms with E-state index in [4.69, 9.17) is 10.5 Å². The number of methoxy groups -OCH3 is 2. The van der Waals surface area contributed by atoms with E-state index in [1.807, 2.05) is 0 Å². The number of carbonyl (C=O) groups excluding carboxylic acids is 1. The molecule has 0 fully saturated rings. The number of anilines is 1. The third-order valence-corrected chi connectivity index (χ3v) is 1.86. The van der Waals surface area contributed by atoms with E-state index in [1.54, 1.807) is 31.4 Å². The summed E-state index contributed by atoms with van der Waals surface area (Å²) in [6.45, 7) is 0. The molecule has 1 aromatic rings. The lowest BCUT2D eigenvalue weighted by molar-refractivity contribution is -0.134. The zero-order valence-electron chi connectivity index (χ0n) is 8.69. The largest absolute Gasteiger partial charge is 0.496 e. The van der Waals surface area contributed by atoms with Crippen molar-refractivity contribution in [3.63, 3.8) is 0 Å². The van der Waals surface area contributed by atoms with E-state index in [0.717, 1.165) is 5.56 Å². The van der Waals surface area contributed by atoms with Crippen LogP contribution in [0.2, 0.25) is 0 Å². The first-order valence-electron chi connectivity index (χ1n) is 4.37. The lowest BCUT2D eigenvalue weighted by atomic mass is 10.1. The standard InChI is InChI=1S/C11H13NO3/c1-14-10-7-9(12)5-3-8(10)4-6-11(13)15-2/h3-7H,12H2,1-2H3. The van der Waals surface area contributed by atoms with Crippen LogP contribution in [0.25, 0.3) is 6.08 Å². The Morgan fingerprint density at radius 3 is 2.73 bits per heavy atom. The molecule has 0 bridgehead atoms. The van der Waals surface area contributed by atoms with Gasteiger partial charge in [-0.25, -0.2) is 4.79 Å². The van der Waals surface area contributed by atoms with Gasteiger partial charge in [-0.1, -0.05) is 0 Å². The van der Waals surface area contributed by atoms with Crippen LogP contribution in [0.15, 0.2) is 24.3 Å². The van der Waals surface area contributed by atoms with E-state index in [2.05, 4.69) is 4.74 Å². The Kier molecular flexibility index (Phi) is 3.74. The van der Waals surface area contributed by atoms with Crippen molar-refractivity contribution in [3.8, 4) is 5.75 Å². The van der Waals surface area contributed by atoms with Crippen molar-refractivity contribution in [2.75, 3.05) is 20.0 Å². The number of esters is 1. The van der Waals surface area contributed by atoms with Crippen molar-refractivity contribution in [2.24, 2.45) is 0 Å². The van der Waals surface area contributed by atoms with Gasteiger partial charge in [-0.15, -0.1) is 0 Å². The Hall–Kier alpha value is -1.97. The van der Waals surface area contributed by atoms with Crippen molar-refractivity contribution >= 4 is 17.7 Å². The molecule has 80 valence electrons. The van der Waals surface area contributed by atoms with Crippen LogP contribution in [0.4, 0.5) is 5.69 Å². The molecule has 2 N–H and O–H groups in total. The molecule has 0 amide bonds. The zero-order valence-corrected chi connectivity index (χ0v) is 8.69. The summed E-state index contributed by atoms with van der Waals surface area (Å²) in [7, 11) is 2.87. The van der Waals surface area contributed by atoms with Crippen molar-refractivity contribution in [1.82, 2.24) is 0 Å². The van der Waals surface area contributed by atoms with Crippen LogP contribution in [-0.4, -0.2) is 20.2 Å². The van der Waals surface area contributed by atoms with Gasteiger partial charge in [0.05, 0.1) is 14.2 Å². The molecule has 4 heteroatoms. The highest BCUT2D eigenvalue weighted by atomic mass is 16.5. The van der Waals surface area contributed by atoms with Crippen LogP contribution in [0.5, 0.6) is 5.75 Å². The lowest BCUT2D eigenvalue weighted by Gasteiger charge is -2.05. The van der Waals surface area contributed by atoms with Gasteiger partial charge in [0, 0.05) is 23.4 Å². The predicted octanol–water partition coefficient (Wildman–Crippen LogP) is 1.46. The van der Waals surface area contributed by atoms with Crippen LogP contribution in [-0.2, 0) is 9.53 Å². The number of rotatable bonds is 3. The highest BCUT2D eigenvalue weighted by Gasteiger charge is 2.00. The van der Waals surface area contributed by atoms with Gasteiger partial charge in [0.1, 0.15) is 5.75 Å². The normalized spacial score (nSPS) is 10.3. The van der Waals surface area contributed by atoms with Gasteiger partial charge in [-0.05, 0) is 18.2 Å². The Balaban J connectivity index is 2.94. The maximum atomic E-state index is 10.9. The molecule has 0 aliphatic carbocycles. The van der Waals surface area contributed by atoms with E-state index in [-0.39, 0.29) is 0 Å². The molecule has 0 aromatic heterocycles. The first kappa shape index (κ1) is 11.1. The summed E-state index contributed by atoms with van der Waals surface area (Å²) in [6, 6.07) is 5.20. The first-order chi connectivity index (χ1) is 7.17. The molecule has 1 aromatic carbocycles. The molecule has 0 saturated carbocycles. The molecular formula is C11H13NO3. The number of nitrogen functional groups attached to an aromatic ring is 1. The van der Waals surface area contributed by atoms with E-state index in [0.29, 0.717) is 11.4 Å². The number of nitrogens with two attached hydrogens (primary N) is 1. The van der Waals surface area contributed by atoms with Gasteiger partial charge in [0.15, 0.2) is 0 Å². The fraction of sp³-hybridized carbons (Fsp3) is 0.182. The summed E-state index contributed by atoms with van der Waals surface area (Å²) in [5.74, 6) is 0.212. The second-order valence-electron chi connectivity index (χ2n) is 2.86. The van der Waals surface area contributed by atoms with Gasteiger partial charge in [-0.2, -0.15) is 0 Å². The molecule has 0 saturated heterocycles. The van der Waals surface area contributed by atoms with Crippen LogP contribution in [0.3, 0.4) is 0 Å². The fourth-order valence-electron chi connectivity index (χ4n) is 1.09. The average Bonchev–Trinajstić information content (AvgIpc) is 2.26. The van der Waals surface area contributed by atoms with Crippen molar-refractivity contribution in [3.05, 3.63) is 29.8 Å². The Labute approximate surface area is 88.3 Å². The summed E-state index contributed by atoms with van der Waals surface area (Å²) < 4.78 is 9.59. The van der Waals surface area contributed by atoms with Crippen molar-refractivity contribution < 1.29 is 14.3 Å². The van der Waals surface area contributed by atoms with Gasteiger partial charge < -0.3 is 15.2 Å². The summed E-state index contributed by atoms with van der Waals surface area (Å²) in [5, 5.41) is 0. The van der Waals surface area contributed by atoms with Gasteiger partial charge in [0.25, 0.3) is 0 Å². The summed E-state index contributed by atoms with van der Waals surface area (Å²) in [5.41, 5.74) is 6.98. The molecule has 0 radical (unpaired) electrons. The smallest absolute Gasteiger partial charge is 0.330 e. The molecule has 0 heterocycles. The maximum absolute atomic E-state index is 10.9. The molecule has 0 aliphatic rings. The SMILES string of the molecule is COC(=O)C=Cc1ccc(N)cc1OC. The molecule has 4 nitrogen and oxygen atoms in total. The minimum absolute atomic E-state index is 0.408. The highest BCUT2D eigenvalue weighted by molar-refractivity contribution is 5.87. The Morgan fingerprint density at radius 2 is 2.13 bits per heavy atom. The predicted molar refractivity (Wildman–Crippen MR) is 58.5 cm³/mol. The number of hydrogen-bond acceptors (Lipinski definition) is 4. The second kappa shape index (κ2) is 5.05. The molecule has 1 rings (SSSR count). The van der Waals surface area contributed by atoms with E-state index in [9.17, 15) is 4.79 Å². The lowest BCUT2D eigenvalue weighted by Crippen LogP contribution is -1.94. The molecule has 0 unspecified atom stereocenters. The number of carbonyl (C=O) groups is 1. The van der Waals surface area contributed by atoms with Gasteiger partial charge >= 0.3 is 5.97 Å². The zero-order chi connectivity index (χ0) is 11.3. The third kappa shape index (κ3) is 3.02. The minimum Gasteiger partial charge on any atom is -0.496 e. The monoisotopic (exact) mass is 207 g/mol. The first-order valence-corrected chi connectivity index (χ1v) is 4.37. The summed E-state index contributed by atoms with van der Waals surface area (Å²) in [6.07, 6.45) is 2.94. The maximum Gasteiger partial charge on any atom is 0.330 e. The topological polar surface area (TPSA) is 61.5 Å². The fourth-order valence-corrected chi connectivity index (χ4v) is 1.09. The van der Waals surface area contributed by atoms with Crippen LogP contribution in [0.1, 0.15) is 5.56 Å².